The average Bonchev–Trinajstić information content (AvgIpc) is 2.59. The lowest BCUT2D eigenvalue weighted by molar-refractivity contribution is -0.141. The summed E-state index contributed by atoms with van der Waals surface area (Å²) in [6.45, 7) is 8.01. The number of ether oxygens (including phenoxy) is 1. The number of carbonyl (C=O) groups excluding carboxylic acids is 2. The van der Waals surface area contributed by atoms with E-state index < -0.39 is 27.0 Å². The van der Waals surface area contributed by atoms with E-state index >= 15 is 0 Å². The van der Waals surface area contributed by atoms with Gasteiger partial charge in [0.1, 0.15) is 10.9 Å². The van der Waals surface area contributed by atoms with Gasteiger partial charge in [-0.15, -0.1) is 0 Å². The van der Waals surface area contributed by atoms with Gasteiger partial charge in [0, 0.05) is 39.3 Å². The van der Waals surface area contributed by atoms with Crippen LogP contribution < -0.4 is 0 Å². The second-order valence-corrected chi connectivity index (χ2v) is 11.5. The summed E-state index contributed by atoms with van der Waals surface area (Å²) < 4.78 is 32.7. The summed E-state index contributed by atoms with van der Waals surface area (Å²) in [7, 11) is -1.51. The molecule has 29 heavy (non-hydrogen) atoms. The summed E-state index contributed by atoms with van der Waals surface area (Å²) in [4.78, 5) is 30.1. The van der Waals surface area contributed by atoms with Crippen molar-refractivity contribution >= 4 is 22.0 Å². The first-order chi connectivity index (χ1) is 13.5. The Morgan fingerprint density at radius 3 is 2.10 bits per heavy atom. The van der Waals surface area contributed by atoms with Crippen LogP contribution in [-0.4, -0.2) is 109 Å². The van der Waals surface area contributed by atoms with Crippen LogP contribution >= 0.6 is 0 Å². The SMILES string of the molecule is CN1CCCC[C@H]1C(=O)N1CC(S(=O)(=O)N2CCN(C(=O)OC(C)(C)C)CC2)C1. The molecule has 0 aromatic carbocycles. The zero-order chi connectivity index (χ0) is 21.4. The van der Waals surface area contributed by atoms with Crippen LogP contribution in [0.5, 0.6) is 0 Å². The Morgan fingerprint density at radius 2 is 1.55 bits per heavy atom. The second kappa shape index (κ2) is 8.39. The summed E-state index contributed by atoms with van der Waals surface area (Å²) in [6, 6.07) is -0.121. The van der Waals surface area contributed by atoms with Crippen molar-refractivity contribution in [1.82, 2.24) is 19.0 Å². The minimum atomic E-state index is -3.47. The number of sulfonamides is 1. The molecule has 9 nitrogen and oxygen atoms in total. The maximum atomic E-state index is 12.9. The zero-order valence-electron chi connectivity index (χ0n) is 18.0. The minimum absolute atomic E-state index is 0.0494. The number of hydrogen-bond acceptors (Lipinski definition) is 6. The molecule has 0 aromatic rings. The molecule has 0 aromatic heterocycles. The van der Waals surface area contributed by atoms with Gasteiger partial charge in [0.25, 0.3) is 0 Å². The van der Waals surface area contributed by atoms with Crippen molar-refractivity contribution in [2.75, 3.05) is 52.9 Å². The number of carbonyl (C=O) groups is 2. The highest BCUT2D eigenvalue weighted by atomic mass is 32.2. The molecular weight excluding hydrogens is 396 g/mol. The predicted octanol–water partition coefficient (Wildman–Crippen LogP) is 0.564. The predicted molar refractivity (Wildman–Crippen MR) is 109 cm³/mol. The first-order valence-corrected chi connectivity index (χ1v) is 12.0. The van der Waals surface area contributed by atoms with Crippen LogP contribution in [-0.2, 0) is 19.6 Å². The van der Waals surface area contributed by atoms with E-state index in [-0.39, 0.29) is 38.1 Å². The van der Waals surface area contributed by atoms with Crippen molar-refractivity contribution in [2.24, 2.45) is 0 Å². The van der Waals surface area contributed by atoms with Crippen molar-refractivity contribution in [3.05, 3.63) is 0 Å². The normalized spacial score (nSPS) is 25.6. The fourth-order valence-electron chi connectivity index (χ4n) is 4.07. The van der Waals surface area contributed by atoms with Crippen molar-refractivity contribution < 1.29 is 22.7 Å². The molecule has 0 aliphatic carbocycles. The van der Waals surface area contributed by atoms with Gasteiger partial charge in [0.05, 0.1) is 6.04 Å². The lowest BCUT2D eigenvalue weighted by atomic mass is 10.0. The highest BCUT2D eigenvalue weighted by Crippen LogP contribution is 2.25. The number of amides is 2. The van der Waals surface area contributed by atoms with Gasteiger partial charge in [-0.3, -0.25) is 9.69 Å². The first-order valence-electron chi connectivity index (χ1n) is 10.4. The summed E-state index contributed by atoms with van der Waals surface area (Å²) in [5.41, 5.74) is -0.575. The summed E-state index contributed by atoms with van der Waals surface area (Å²) >= 11 is 0. The van der Waals surface area contributed by atoms with Crippen molar-refractivity contribution in [3.63, 3.8) is 0 Å². The van der Waals surface area contributed by atoms with E-state index in [0.29, 0.717) is 13.1 Å². The highest BCUT2D eigenvalue weighted by molar-refractivity contribution is 7.89. The highest BCUT2D eigenvalue weighted by Gasteiger charge is 2.45. The van der Waals surface area contributed by atoms with Crippen LogP contribution in [0.4, 0.5) is 4.79 Å². The molecular formula is C19H34N4O5S. The molecule has 1 atom stereocenters. The van der Waals surface area contributed by atoms with Gasteiger partial charge >= 0.3 is 6.09 Å². The van der Waals surface area contributed by atoms with Gasteiger partial charge in [-0.2, -0.15) is 4.31 Å². The monoisotopic (exact) mass is 430 g/mol. The van der Waals surface area contributed by atoms with Crippen LogP contribution in [0.2, 0.25) is 0 Å². The Bertz CT molecular complexity index is 721. The molecule has 166 valence electrons. The van der Waals surface area contributed by atoms with E-state index in [1.165, 1.54) is 4.31 Å². The maximum Gasteiger partial charge on any atom is 0.410 e. The number of rotatable bonds is 3. The topological polar surface area (TPSA) is 90.5 Å². The molecule has 0 N–H and O–H groups in total. The lowest BCUT2D eigenvalue weighted by Crippen LogP contribution is -2.64. The minimum Gasteiger partial charge on any atom is -0.444 e. The molecule has 2 amide bonds. The second-order valence-electron chi connectivity index (χ2n) is 9.27. The standard InChI is InChI=1S/C19H34N4O5S/c1-19(2,3)28-18(25)21-9-11-23(12-10-21)29(26,27)15-13-22(14-15)17(24)16-7-5-6-8-20(16)4/h15-16H,5-14H2,1-4H3/t16-/m0/s1. The van der Waals surface area contributed by atoms with Gasteiger partial charge in [-0.25, -0.2) is 13.2 Å². The summed E-state index contributed by atoms with van der Waals surface area (Å²) in [6.07, 6.45) is 2.58. The number of piperidine rings is 1. The Hall–Kier alpha value is -1.39. The van der Waals surface area contributed by atoms with Crippen LogP contribution in [0, 0.1) is 0 Å². The van der Waals surface area contributed by atoms with Crippen LogP contribution in [0.1, 0.15) is 40.0 Å². The molecule has 0 spiro atoms. The third-order valence-corrected chi connectivity index (χ3v) is 8.11. The smallest absolute Gasteiger partial charge is 0.410 e. The maximum absolute atomic E-state index is 12.9. The molecule has 10 heteroatoms. The first kappa shape index (κ1) is 22.3. The van der Waals surface area contributed by atoms with E-state index in [2.05, 4.69) is 4.90 Å². The molecule has 3 heterocycles. The fourth-order valence-corrected chi connectivity index (χ4v) is 5.90. The van der Waals surface area contributed by atoms with E-state index in [4.69, 9.17) is 4.74 Å². The van der Waals surface area contributed by atoms with E-state index in [9.17, 15) is 18.0 Å². The molecule has 0 unspecified atom stereocenters. The fraction of sp³-hybridized carbons (Fsp3) is 0.895. The average molecular weight is 431 g/mol. The third-order valence-electron chi connectivity index (χ3n) is 5.89. The van der Waals surface area contributed by atoms with Gasteiger partial charge in [0.15, 0.2) is 0 Å². The van der Waals surface area contributed by atoms with E-state index in [0.717, 1.165) is 25.8 Å². The zero-order valence-corrected chi connectivity index (χ0v) is 18.8. The van der Waals surface area contributed by atoms with Crippen molar-refractivity contribution in [2.45, 2.75) is 56.9 Å². The van der Waals surface area contributed by atoms with Gasteiger partial charge in [-0.1, -0.05) is 6.42 Å². The largest absolute Gasteiger partial charge is 0.444 e. The molecule has 0 saturated carbocycles. The quantitative estimate of drug-likeness (QED) is 0.650. The molecule has 3 fully saturated rings. The van der Waals surface area contributed by atoms with Gasteiger partial charge in [0.2, 0.25) is 15.9 Å². The molecule has 3 saturated heterocycles. The number of likely N-dealkylation sites (N-methyl/N-ethyl adjacent to an activating group) is 1. The third kappa shape index (κ3) is 5.03. The van der Waals surface area contributed by atoms with Crippen molar-refractivity contribution in [3.8, 4) is 0 Å². The Labute approximate surface area is 174 Å². The molecule has 3 aliphatic heterocycles. The van der Waals surface area contributed by atoms with Crippen LogP contribution in [0.3, 0.4) is 0 Å². The van der Waals surface area contributed by atoms with Crippen LogP contribution in [0.25, 0.3) is 0 Å². The number of hydrogen-bond donors (Lipinski definition) is 0. The Morgan fingerprint density at radius 1 is 0.931 bits per heavy atom. The number of likely N-dealkylation sites (tertiary alicyclic amines) is 2. The van der Waals surface area contributed by atoms with E-state index in [1.807, 2.05) is 7.05 Å². The molecule has 0 bridgehead atoms. The number of nitrogens with zero attached hydrogens (tertiary/aromatic N) is 4. The summed E-state index contributed by atoms with van der Waals surface area (Å²) in [5, 5.41) is -0.548. The molecule has 3 aliphatic rings. The molecule has 3 rings (SSSR count). The molecule has 0 radical (unpaired) electrons. The number of piperazine rings is 1. The van der Waals surface area contributed by atoms with E-state index in [1.54, 1.807) is 30.6 Å². The Balaban J connectivity index is 1.49. The van der Waals surface area contributed by atoms with Crippen molar-refractivity contribution in [1.29, 1.82) is 0 Å². The van der Waals surface area contributed by atoms with Gasteiger partial charge < -0.3 is 14.5 Å². The lowest BCUT2D eigenvalue weighted by Gasteiger charge is -2.45. The van der Waals surface area contributed by atoms with Gasteiger partial charge in [-0.05, 0) is 47.2 Å². The van der Waals surface area contributed by atoms with Crippen LogP contribution in [0.15, 0.2) is 0 Å². The Kier molecular flexibility index (Phi) is 6.45. The summed E-state index contributed by atoms with van der Waals surface area (Å²) in [5.74, 6) is 0.0494.